The largest absolute Gasteiger partial charge is 0.481 e. The summed E-state index contributed by atoms with van der Waals surface area (Å²) in [6, 6.07) is 9.98. The first-order chi connectivity index (χ1) is 12.6. The Hall–Kier alpha value is -2.67. The lowest BCUT2D eigenvalue weighted by Crippen LogP contribution is -1.95. The highest BCUT2D eigenvalue weighted by Gasteiger charge is 2.14. The molecule has 3 aromatic heterocycles. The molecule has 0 aliphatic carbocycles. The monoisotopic (exact) mass is 412 g/mol. The van der Waals surface area contributed by atoms with Gasteiger partial charge in [-0.3, -0.25) is 0 Å². The minimum atomic E-state index is 0.570. The van der Waals surface area contributed by atoms with Crippen LogP contribution in [-0.4, -0.2) is 27.2 Å². The molecular formula is C19H17BrN4O2. The van der Waals surface area contributed by atoms with Crippen LogP contribution in [0.3, 0.4) is 0 Å². The first-order valence-corrected chi connectivity index (χ1v) is 8.99. The number of hydrogen-bond donors (Lipinski definition) is 1. The van der Waals surface area contributed by atoms with Gasteiger partial charge in [0, 0.05) is 39.8 Å². The molecule has 132 valence electrons. The maximum absolute atomic E-state index is 5.47. The number of fused-ring (bicyclic) bond motifs is 1. The zero-order valence-electron chi connectivity index (χ0n) is 14.4. The lowest BCUT2D eigenvalue weighted by atomic mass is 10.1. The van der Waals surface area contributed by atoms with Crippen molar-refractivity contribution in [3.8, 4) is 5.88 Å². The molecule has 6 nitrogen and oxygen atoms in total. The number of aromatic amines is 1. The number of rotatable bonds is 5. The summed E-state index contributed by atoms with van der Waals surface area (Å²) in [6.45, 7) is 2.06. The van der Waals surface area contributed by atoms with E-state index in [-0.39, 0.29) is 0 Å². The maximum Gasteiger partial charge on any atom is 0.231 e. The number of H-pyrrole nitrogens is 1. The van der Waals surface area contributed by atoms with Crippen LogP contribution in [0.15, 0.2) is 45.5 Å². The number of pyridine rings is 1. The molecule has 0 saturated heterocycles. The van der Waals surface area contributed by atoms with Gasteiger partial charge < -0.3 is 14.2 Å². The van der Waals surface area contributed by atoms with E-state index in [4.69, 9.17) is 9.26 Å². The average Bonchev–Trinajstić information content (AvgIpc) is 3.20. The summed E-state index contributed by atoms with van der Waals surface area (Å²) in [5.74, 6) is 1.82. The Labute approximate surface area is 158 Å². The Morgan fingerprint density at radius 3 is 2.92 bits per heavy atom. The highest BCUT2D eigenvalue weighted by Crippen LogP contribution is 2.27. The van der Waals surface area contributed by atoms with Crippen molar-refractivity contribution in [3.05, 3.63) is 69.5 Å². The van der Waals surface area contributed by atoms with E-state index >= 15 is 0 Å². The van der Waals surface area contributed by atoms with Gasteiger partial charge in [0.15, 0.2) is 5.82 Å². The molecule has 0 amide bonds. The summed E-state index contributed by atoms with van der Waals surface area (Å²) in [7, 11) is 1.60. The van der Waals surface area contributed by atoms with Crippen LogP contribution < -0.4 is 4.74 Å². The Morgan fingerprint density at radius 1 is 1.19 bits per heavy atom. The van der Waals surface area contributed by atoms with Crippen LogP contribution in [0.1, 0.15) is 28.5 Å². The summed E-state index contributed by atoms with van der Waals surface area (Å²) in [6.07, 6.45) is 2.87. The summed E-state index contributed by atoms with van der Waals surface area (Å²) in [4.78, 5) is 12.1. The minimum absolute atomic E-state index is 0.570. The van der Waals surface area contributed by atoms with Gasteiger partial charge in [0.05, 0.1) is 13.5 Å². The number of methoxy groups -OCH3 is 1. The molecular weight excluding hydrogens is 396 g/mol. The molecule has 4 rings (SSSR count). The SMILES string of the molecule is COc1cc(Cc2noc(Cc3c(C)[nH]c4ccc(Br)cc34)n2)ccn1. The second-order valence-electron chi connectivity index (χ2n) is 6.08. The van der Waals surface area contributed by atoms with Crippen LogP contribution in [0.2, 0.25) is 0 Å². The van der Waals surface area contributed by atoms with Gasteiger partial charge in [0.25, 0.3) is 0 Å². The van der Waals surface area contributed by atoms with Crippen molar-refractivity contribution < 1.29 is 9.26 Å². The standard InChI is InChI=1S/C19H17BrN4O2/c1-11-14(15-9-13(20)3-4-16(15)22-11)10-19-23-17(24-26-19)7-12-5-6-21-18(8-12)25-2/h3-6,8-9,22H,7,10H2,1-2H3. The smallest absolute Gasteiger partial charge is 0.231 e. The molecule has 0 saturated carbocycles. The quantitative estimate of drug-likeness (QED) is 0.531. The van der Waals surface area contributed by atoms with Crippen LogP contribution in [0.4, 0.5) is 0 Å². The van der Waals surface area contributed by atoms with Crippen LogP contribution in [0, 0.1) is 6.92 Å². The number of benzene rings is 1. The Morgan fingerprint density at radius 2 is 2.08 bits per heavy atom. The third kappa shape index (κ3) is 3.35. The average molecular weight is 413 g/mol. The van der Waals surface area contributed by atoms with E-state index in [9.17, 15) is 0 Å². The van der Waals surface area contributed by atoms with Gasteiger partial charge in [-0.05, 0) is 42.3 Å². The molecule has 26 heavy (non-hydrogen) atoms. The van der Waals surface area contributed by atoms with Crippen molar-refractivity contribution in [1.82, 2.24) is 20.1 Å². The van der Waals surface area contributed by atoms with Crippen molar-refractivity contribution in [3.63, 3.8) is 0 Å². The van der Waals surface area contributed by atoms with Gasteiger partial charge in [-0.25, -0.2) is 4.98 Å². The number of nitrogens with zero attached hydrogens (tertiary/aromatic N) is 3. The van der Waals surface area contributed by atoms with Crippen molar-refractivity contribution in [2.75, 3.05) is 7.11 Å². The molecule has 0 unspecified atom stereocenters. The van der Waals surface area contributed by atoms with E-state index in [0.717, 1.165) is 26.6 Å². The van der Waals surface area contributed by atoms with E-state index in [1.165, 1.54) is 5.56 Å². The van der Waals surface area contributed by atoms with Crippen LogP contribution in [0.25, 0.3) is 10.9 Å². The Balaban J connectivity index is 1.57. The zero-order valence-corrected chi connectivity index (χ0v) is 16.0. The molecule has 1 N–H and O–H groups in total. The molecule has 3 heterocycles. The molecule has 0 aliphatic rings. The first kappa shape index (κ1) is 16.8. The number of aryl methyl sites for hydroxylation is 1. The van der Waals surface area contributed by atoms with E-state index < -0.39 is 0 Å². The topological polar surface area (TPSA) is 76.8 Å². The van der Waals surface area contributed by atoms with Gasteiger partial charge in [-0.2, -0.15) is 4.98 Å². The molecule has 0 fully saturated rings. The molecule has 0 atom stereocenters. The number of hydrogen-bond acceptors (Lipinski definition) is 5. The van der Waals surface area contributed by atoms with E-state index in [0.29, 0.717) is 30.4 Å². The number of ether oxygens (including phenoxy) is 1. The third-order valence-corrected chi connectivity index (χ3v) is 4.78. The molecule has 0 bridgehead atoms. The lowest BCUT2D eigenvalue weighted by molar-refractivity contribution is 0.380. The second kappa shape index (κ2) is 6.92. The van der Waals surface area contributed by atoms with Gasteiger partial charge in [0.1, 0.15) is 0 Å². The Bertz CT molecular complexity index is 1070. The third-order valence-electron chi connectivity index (χ3n) is 4.29. The molecule has 0 aliphatic heterocycles. The van der Waals surface area contributed by atoms with Gasteiger partial charge in [-0.15, -0.1) is 0 Å². The van der Waals surface area contributed by atoms with Crippen LogP contribution in [-0.2, 0) is 12.8 Å². The summed E-state index contributed by atoms with van der Waals surface area (Å²) >= 11 is 3.53. The fraction of sp³-hybridized carbons (Fsp3) is 0.211. The van der Waals surface area contributed by atoms with Crippen molar-refractivity contribution in [1.29, 1.82) is 0 Å². The number of aromatic nitrogens is 4. The predicted molar refractivity (Wildman–Crippen MR) is 101 cm³/mol. The molecule has 7 heteroatoms. The number of nitrogens with one attached hydrogen (secondary N) is 1. The molecule has 0 radical (unpaired) electrons. The molecule has 1 aromatic carbocycles. The summed E-state index contributed by atoms with van der Waals surface area (Å²) in [5, 5.41) is 5.27. The highest BCUT2D eigenvalue weighted by atomic mass is 79.9. The first-order valence-electron chi connectivity index (χ1n) is 8.19. The minimum Gasteiger partial charge on any atom is -0.481 e. The molecule has 4 aromatic rings. The highest BCUT2D eigenvalue weighted by molar-refractivity contribution is 9.10. The van der Waals surface area contributed by atoms with Gasteiger partial charge >= 0.3 is 0 Å². The normalized spacial score (nSPS) is 11.2. The molecule has 0 spiro atoms. The fourth-order valence-corrected chi connectivity index (χ4v) is 3.38. The Kier molecular flexibility index (Phi) is 4.46. The predicted octanol–water partition coefficient (Wildman–Crippen LogP) is 4.21. The van der Waals surface area contributed by atoms with Crippen molar-refractivity contribution in [2.24, 2.45) is 0 Å². The van der Waals surface area contributed by atoms with E-state index in [1.54, 1.807) is 13.3 Å². The van der Waals surface area contributed by atoms with E-state index in [2.05, 4.69) is 55.1 Å². The van der Waals surface area contributed by atoms with Crippen LogP contribution >= 0.6 is 15.9 Å². The zero-order chi connectivity index (χ0) is 18.1. The maximum atomic E-state index is 5.47. The van der Waals surface area contributed by atoms with E-state index in [1.807, 2.05) is 18.2 Å². The van der Waals surface area contributed by atoms with Crippen molar-refractivity contribution >= 4 is 26.8 Å². The summed E-state index contributed by atoms with van der Waals surface area (Å²) < 4.78 is 11.7. The summed E-state index contributed by atoms with van der Waals surface area (Å²) in [5.41, 5.74) is 4.40. The van der Waals surface area contributed by atoms with Crippen LogP contribution in [0.5, 0.6) is 5.88 Å². The van der Waals surface area contributed by atoms with Crippen molar-refractivity contribution in [2.45, 2.75) is 19.8 Å². The number of halogens is 1. The van der Waals surface area contributed by atoms with Gasteiger partial charge in [0.2, 0.25) is 11.8 Å². The fourth-order valence-electron chi connectivity index (χ4n) is 3.02. The lowest BCUT2D eigenvalue weighted by Gasteiger charge is -2.00. The van der Waals surface area contributed by atoms with Gasteiger partial charge in [-0.1, -0.05) is 21.1 Å². The second-order valence-corrected chi connectivity index (χ2v) is 7.00.